The molecule has 2 rings (SSSR count). The predicted octanol–water partition coefficient (Wildman–Crippen LogP) is 4.10. The van der Waals surface area contributed by atoms with Gasteiger partial charge in [-0.05, 0) is 18.2 Å². The molecule has 5 heteroatoms. The molecular formula is C14H15ClFN3. The van der Waals surface area contributed by atoms with Crippen molar-refractivity contribution in [2.24, 2.45) is 0 Å². The van der Waals surface area contributed by atoms with Crippen LogP contribution in [0.25, 0.3) is 11.3 Å². The summed E-state index contributed by atoms with van der Waals surface area (Å²) in [6, 6.07) is 6.08. The highest BCUT2D eigenvalue weighted by Crippen LogP contribution is 2.29. The fourth-order valence-corrected chi connectivity index (χ4v) is 1.95. The smallest absolute Gasteiger partial charge is 0.133 e. The molecule has 1 aromatic carbocycles. The molecule has 0 atom stereocenters. The summed E-state index contributed by atoms with van der Waals surface area (Å²) in [5.74, 6) is 1.28. The highest BCUT2D eigenvalue weighted by atomic mass is 35.5. The van der Waals surface area contributed by atoms with E-state index in [2.05, 4.69) is 15.3 Å². The third kappa shape index (κ3) is 3.01. The third-order valence-electron chi connectivity index (χ3n) is 2.72. The molecule has 1 heterocycles. The molecule has 1 N–H and O–H groups in total. The number of anilines is 1. The number of nitrogens with one attached hydrogen (secondary N) is 1. The van der Waals surface area contributed by atoms with E-state index in [1.54, 1.807) is 19.2 Å². The normalized spacial score (nSPS) is 10.8. The molecule has 0 amide bonds. The van der Waals surface area contributed by atoms with Gasteiger partial charge in [-0.3, -0.25) is 0 Å². The second-order valence-corrected chi connectivity index (χ2v) is 4.93. The quantitative estimate of drug-likeness (QED) is 0.919. The van der Waals surface area contributed by atoms with Crippen molar-refractivity contribution < 1.29 is 4.39 Å². The zero-order valence-corrected chi connectivity index (χ0v) is 11.8. The van der Waals surface area contributed by atoms with Gasteiger partial charge in [0.2, 0.25) is 0 Å². The van der Waals surface area contributed by atoms with Crippen molar-refractivity contribution in [2.45, 2.75) is 19.8 Å². The van der Waals surface area contributed by atoms with Gasteiger partial charge in [0.25, 0.3) is 0 Å². The zero-order chi connectivity index (χ0) is 14.0. The first-order valence-electron chi connectivity index (χ1n) is 6.03. The summed E-state index contributed by atoms with van der Waals surface area (Å²) in [5.41, 5.74) is 1.39. The Hall–Kier alpha value is -1.68. The third-order valence-corrected chi connectivity index (χ3v) is 3.04. The Kier molecular flexibility index (Phi) is 4.00. The van der Waals surface area contributed by atoms with Crippen LogP contribution in [0.15, 0.2) is 24.3 Å². The molecule has 0 saturated carbocycles. The number of hydrogen-bond donors (Lipinski definition) is 1. The number of rotatable bonds is 3. The Morgan fingerprint density at radius 2 is 1.95 bits per heavy atom. The monoisotopic (exact) mass is 279 g/mol. The number of halogens is 2. The largest absolute Gasteiger partial charge is 0.373 e. The lowest BCUT2D eigenvalue weighted by Crippen LogP contribution is -2.03. The van der Waals surface area contributed by atoms with Gasteiger partial charge in [-0.25, -0.2) is 14.4 Å². The SMILES string of the molecule is CNc1cc(-c2ccc(F)cc2Cl)nc(C(C)C)n1. The van der Waals surface area contributed by atoms with E-state index in [0.29, 0.717) is 22.1 Å². The van der Waals surface area contributed by atoms with Crippen LogP contribution in [0.5, 0.6) is 0 Å². The van der Waals surface area contributed by atoms with E-state index in [0.717, 1.165) is 5.82 Å². The van der Waals surface area contributed by atoms with Gasteiger partial charge in [-0.15, -0.1) is 0 Å². The maximum Gasteiger partial charge on any atom is 0.133 e. The van der Waals surface area contributed by atoms with Gasteiger partial charge >= 0.3 is 0 Å². The summed E-state index contributed by atoms with van der Waals surface area (Å²) in [5, 5.41) is 3.34. The van der Waals surface area contributed by atoms with Crippen molar-refractivity contribution in [2.75, 3.05) is 12.4 Å². The molecule has 0 saturated heterocycles. The molecule has 1 aromatic heterocycles. The minimum Gasteiger partial charge on any atom is -0.373 e. The van der Waals surface area contributed by atoms with Gasteiger partial charge in [-0.1, -0.05) is 25.4 Å². The second-order valence-electron chi connectivity index (χ2n) is 4.53. The van der Waals surface area contributed by atoms with Crippen LogP contribution in [0.1, 0.15) is 25.6 Å². The van der Waals surface area contributed by atoms with Crippen molar-refractivity contribution >= 4 is 17.4 Å². The van der Waals surface area contributed by atoms with Crippen molar-refractivity contribution in [3.05, 3.63) is 40.9 Å². The molecule has 100 valence electrons. The standard InChI is InChI=1S/C14H15ClFN3/c1-8(2)14-18-12(7-13(17-3)19-14)10-5-4-9(16)6-11(10)15/h4-8H,1-3H3,(H,17,18,19). The predicted molar refractivity (Wildman–Crippen MR) is 76.1 cm³/mol. The summed E-state index contributed by atoms with van der Waals surface area (Å²) in [6.45, 7) is 4.04. The van der Waals surface area contributed by atoms with Crippen LogP contribution in [0.4, 0.5) is 10.2 Å². The summed E-state index contributed by atoms with van der Waals surface area (Å²) in [6.07, 6.45) is 0. The second kappa shape index (κ2) is 5.53. The number of hydrogen-bond acceptors (Lipinski definition) is 3. The fourth-order valence-electron chi connectivity index (χ4n) is 1.69. The highest BCUT2D eigenvalue weighted by molar-refractivity contribution is 6.33. The topological polar surface area (TPSA) is 37.8 Å². The molecule has 3 nitrogen and oxygen atoms in total. The summed E-state index contributed by atoms with van der Waals surface area (Å²) in [7, 11) is 1.79. The van der Waals surface area contributed by atoms with Gasteiger partial charge in [0.15, 0.2) is 0 Å². The first-order valence-corrected chi connectivity index (χ1v) is 6.41. The van der Waals surface area contributed by atoms with Gasteiger partial charge in [0, 0.05) is 24.6 Å². The Morgan fingerprint density at radius 1 is 1.21 bits per heavy atom. The average Bonchev–Trinajstić information content (AvgIpc) is 2.38. The van der Waals surface area contributed by atoms with Gasteiger partial charge in [0.1, 0.15) is 17.5 Å². The Labute approximate surface area is 116 Å². The highest BCUT2D eigenvalue weighted by Gasteiger charge is 2.11. The van der Waals surface area contributed by atoms with Crippen LogP contribution in [0.3, 0.4) is 0 Å². The van der Waals surface area contributed by atoms with E-state index in [9.17, 15) is 4.39 Å². The van der Waals surface area contributed by atoms with Gasteiger partial charge in [-0.2, -0.15) is 0 Å². The minimum atomic E-state index is -0.360. The first kappa shape index (κ1) is 13.7. The van der Waals surface area contributed by atoms with Crippen molar-refractivity contribution in [1.29, 1.82) is 0 Å². The molecule has 0 radical (unpaired) electrons. The van der Waals surface area contributed by atoms with E-state index in [1.807, 2.05) is 13.8 Å². The molecule has 0 aliphatic heterocycles. The lowest BCUT2D eigenvalue weighted by atomic mass is 10.1. The number of nitrogens with zero attached hydrogens (tertiary/aromatic N) is 2. The molecule has 2 aromatic rings. The first-order chi connectivity index (χ1) is 9.01. The molecule has 0 spiro atoms. The molecule has 0 unspecified atom stereocenters. The molecule has 0 bridgehead atoms. The van der Waals surface area contributed by atoms with Crippen molar-refractivity contribution in [1.82, 2.24) is 9.97 Å². The van der Waals surface area contributed by atoms with Crippen LogP contribution in [0.2, 0.25) is 5.02 Å². The van der Waals surface area contributed by atoms with Gasteiger partial charge in [0.05, 0.1) is 10.7 Å². The minimum absolute atomic E-state index is 0.200. The summed E-state index contributed by atoms with van der Waals surface area (Å²) < 4.78 is 13.1. The Bertz CT molecular complexity index is 599. The van der Waals surface area contributed by atoms with Crippen molar-refractivity contribution in [3.8, 4) is 11.3 Å². The molecule has 19 heavy (non-hydrogen) atoms. The lowest BCUT2D eigenvalue weighted by molar-refractivity contribution is 0.628. The van der Waals surface area contributed by atoms with Crippen LogP contribution in [0, 0.1) is 5.82 Å². The van der Waals surface area contributed by atoms with Crippen LogP contribution in [-0.4, -0.2) is 17.0 Å². The van der Waals surface area contributed by atoms with Crippen LogP contribution >= 0.6 is 11.6 Å². The van der Waals surface area contributed by atoms with Gasteiger partial charge < -0.3 is 5.32 Å². The van der Waals surface area contributed by atoms with E-state index in [1.165, 1.54) is 12.1 Å². The van der Waals surface area contributed by atoms with Crippen LogP contribution in [-0.2, 0) is 0 Å². The molecule has 0 aliphatic rings. The Balaban J connectivity index is 2.57. The molecule has 0 fully saturated rings. The van der Waals surface area contributed by atoms with E-state index >= 15 is 0 Å². The number of aromatic nitrogens is 2. The maximum absolute atomic E-state index is 13.1. The van der Waals surface area contributed by atoms with E-state index in [-0.39, 0.29) is 11.7 Å². The summed E-state index contributed by atoms with van der Waals surface area (Å²) in [4.78, 5) is 8.87. The van der Waals surface area contributed by atoms with Crippen LogP contribution < -0.4 is 5.32 Å². The summed E-state index contributed by atoms with van der Waals surface area (Å²) >= 11 is 6.07. The van der Waals surface area contributed by atoms with E-state index < -0.39 is 0 Å². The average molecular weight is 280 g/mol. The van der Waals surface area contributed by atoms with Crippen molar-refractivity contribution in [3.63, 3.8) is 0 Å². The lowest BCUT2D eigenvalue weighted by Gasteiger charge is -2.11. The maximum atomic E-state index is 13.1. The zero-order valence-electron chi connectivity index (χ0n) is 11.0. The number of benzene rings is 1. The molecule has 0 aliphatic carbocycles. The fraction of sp³-hybridized carbons (Fsp3) is 0.286. The van der Waals surface area contributed by atoms with E-state index in [4.69, 9.17) is 11.6 Å². The molecular weight excluding hydrogens is 265 g/mol. The Morgan fingerprint density at radius 3 is 2.53 bits per heavy atom.